The molecule has 2 amide bonds. The number of nitrogens with zero attached hydrogens (tertiary/aromatic N) is 1. The molecule has 2 aromatic rings. The third-order valence-electron chi connectivity index (χ3n) is 5.13. The standard InChI is InChI=1S/C23H26N2O4/c1-17-4-6-18(7-5-17)23(28)19-11-14-25(15-12-19)22(27)10-13-24-21(26)9-8-20-3-2-16-29-20/h2-9,16,19H,10-15H2,1H3,(H,24,26)/b9-8+. The zero-order valence-electron chi connectivity index (χ0n) is 16.6. The molecule has 0 bridgehead atoms. The number of hydrogen-bond acceptors (Lipinski definition) is 4. The van der Waals surface area contributed by atoms with E-state index >= 15 is 0 Å². The summed E-state index contributed by atoms with van der Waals surface area (Å²) in [5.41, 5.74) is 1.87. The van der Waals surface area contributed by atoms with Crippen molar-refractivity contribution in [1.29, 1.82) is 0 Å². The molecule has 1 saturated heterocycles. The fourth-order valence-electron chi connectivity index (χ4n) is 3.40. The second-order valence-corrected chi connectivity index (χ2v) is 7.28. The Kier molecular flexibility index (Phi) is 7.00. The Bertz CT molecular complexity index is 861. The van der Waals surface area contributed by atoms with Crippen molar-refractivity contribution in [3.05, 3.63) is 65.6 Å². The molecule has 0 aliphatic carbocycles. The maximum atomic E-state index is 12.6. The summed E-state index contributed by atoms with van der Waals surface area (Å²) in [7, 11) is 0. The maximum Gasteiger partial charge on any atom is 0.244 e. The molecular weight excluding hydrogens is 368 g/mol. The Balaban J connectivity index is 1.38. The molecule has 6 nitrogen and oxygen atoms in total. The summed E-state index contributed by atoms with van der Waals surface area (Å²) in [5, 5.41) is 2.70. The topological polar surface area (TPSA) is 79.6 Å². The van der Waals surface area contributed by atoms with Crippen molar-refractivity contribution in [1.82, 2.24) is 10.2 Å². The first kappa shape index (κ1) is 20.6. The number of amides is 2. The first-order valence-electron chi connectivity index (χ1n) is 9.91. The van der Waals surface area contributed by atoms with Crippen molar-refractivity contribution < 1.29 is 18.8 Å². The minimum absolute atomic E-state index is 0.00143. The van der Waals surface area contributed by atoms with Crippen LogP contribution in [-0.4, -0.2) is 42.1 Å². The van der Waals surface area contributed by atoms with Crippen molar-refractivity contribution in [2.45, 2.75) is 26.2 Å². The summed E-state index contributed by atoms with van der Waals surface area (Å²) in [5.74, 6) is 0.457. The van der Waals surface area contributed by atoms with Gasteiger partial charge in [-0.05, 0) is 38.0 Å². The Labute approximate surface area is 170 Å². The van der Waals surface area contributed by atoms with Crippen LogP contribution in [0.2, 0.25) is 0 Å². The third kappa shape index (κ3) is 5.91. The van der Waals surface area contributed by atoms with Crippen molar-refractivity contribution in [2.24, 2.45) is 5.92 Å². The molecule has 3 rings (SSSR count). The number of aryl methyl sites for hydroxylation is 1. The number of rotatable bonds is 7. The fourth-order valence-corrected chi connectivity index (χ4v) is 3.40. The Morgan fingerprint density at radius 3 is 2.52 bits per heavy atom. The van der Waals surface area contributed by atoms with Crippen LogP contribution >= 0.6 is 0 Å². The zero-order chi connectivity index (χ0) is 20.6. The van der Waals surface area contributed by atoms with Gasteiger partial charge < -0.3 is 14.6 Å². The minimum Gasteiger partial charge on any atom is -0.465 e. The van der Waals surface area contributed by atoms with Crippen LogP contribution in [0.4, 0.5) is 0 Å². The smallest absolute Gasteiger partial charge is 0.244 e. The van der Waals surface area contributed by atoms with Crippen LogP contribution in [0.25, 0.3) is 6.08 Å². The average Bonchev–Trinajstić information content (AvgIpc) is 3.26. The number of nitrogens with one attached hydrogen (secondary N) is 1. The number of benzene rings is 1. The van der Waals surface area contributed by atoms with Crippen LogP contribution in [0.15, 0.2) is 53.2 Å². The van der Waals surface area contributed by atoms with E-state index in [-0.39, 0.29) is 36.5 Å². The molecule has 0 radical (unpaired) electrons. The van der Waals surface area contributed by atoms with Gasteiger partial charge in [-0.2, -0.15) is 0 Å². The van der Waals surface area contributed by atoms with Gasteiger partial charge in [0, 0.05) is 43.6 Å². The summed E-state index contributed by atoms with van der Waals surface area (Å²) >= 11 is 0. The van der Waals surface area contributed by atoms with Gasteiger partial charge in [0.05, 0.1) is 6.26 Å². The number of hydrogen-bond donors (Lipinski definition) is 1. The largest absolute Gasteiger partial charge is 0.465 e. The molecule has 152 valence electrons. The lowest BCUT2D eigenvalue weighted by Crippen LogP contribution is -2.41. The molecule has 0 spiro atoms. The number of carbonyl (C=O) groups is 3. The fraction of sp³-hybridized carbons (Fsp3) is 0.348. The molecule has 6 heteroatoms. The summed E-state index contributed by atoms with van der Waals surface area (Å²) < 4.78 is 5.11. The Morgan fingerprint density at radius 1 is 1.14 bits per heavy atom. The van der Waals surface area contributed by atoms with Crippen LogP contribution in [0.5, 0.6) is 0 Å². The van der Waals surface area contributed by atoms with Gasteiger partial charge in [0.2, 0.25) is 11.8 Å². The summed E-state index contributed by atoms with van der Waals surface area (Å²) in [6.45, 7) is 3.43. The molecule has 0 saturated carbocycles. The van der Waals surface area contributed by atoms with Crippen molar-refractivity contribution in [2.75, 3.05) is 19.6 Å². The molecule has 0 unspecified atom stereocenters. The second-order valence-electron chi connectivity index (χ2n) is 7.28. The molecule has 1 aliphatic heterocycles. The molecule has 1 fully saturated rings. The monoisotopic (exact) mass is 394 g/mol. The van der Waals surface area contributed by atoms with E-state index in [9.17, 15) is 14.4 Å². The van der Waals surface area contributed by atoms with Gasteiger partial charge in [-0.25, -0.2) is 0 Å². The van der Waals surface area contributed by atoms with E-state index in [1.165, 1.54) is 12.3 Å². The first-order chi connectivity index (χ1) is 14.0. The number of ketones is 1. The van der Waals surface area contributed by atoms with Crippen molar-refractivity contribution >= 4 is 23.7 Å². The summed E-state index contributed by atoms with van der Waals surface area (Å²) in [6.07, 6.45) is 6.09. The van der Waals surface area contributed by atoms with Gasteiger partial charge in [0.15, 0.2) is 5.78 Å². The van der Waals surface area contributed by atoms with E-state index in [4.69, 9.17) is 4.42 Å². The molecule has 1 aromatic heterocycles. The normalized spacial score (nSPS) is 14.9. The van der Waals surface area contributed by atoms with Gasteiger partial charge in [-0.3, -0.25) is 14.4 Å². The zero-order valence-corrected chi connectivity index (χ0v) is 16.6. The van der Waals surface area contributed by atoms with E-state index in [0.717, 1.165) is 11.1 Å². The lowest BCUT2D eigenvalue weighted by molar-refractivity contribution is -0.132. The second kappa shape index (κ2) is 9.87. The van der Waals surface area contributed by atoms with Gasteiger partial charge in [0.25, 0.3) is 0 Å². The van der Waals surface area contributed by atoms with E-state index in [2.05, 4.69) is 5.32 Å². The van der Waals surface area contributed by atoms with E-state index in [0.29, 0.717) is 31.7 Å². The van der Waals surface area contributed by atoms with Crippen LogP contribution in [0.3, 0.4) is 0 Å². The van der Waals surface area contributed by atoms with Gasteiger partial charge >= 0.3 is 0 Å². The van der Waals surface area contributed by atoms with Crippen LogP contribution < -0.4 is 5.32 Å². The van der Waals surface area contributed by atoms with E-state index in [1.54, 1.807) is 23.1 Å². The highest BCUT2D eigenvalue weighted by Gasteiger charge is 2.27. The van der Waals surface area contributed by atoms with E-state index in [1.807, 2.05) is 31.2 Å². The predicted octanol–water partition coefficient (Wildman–Crippen LogP) is 3.23. The predicted molar refractivity (Wildman–Crippen MR) is 110 cm³/mol. The van der Waals surface area contributed by atoms with Gasteiger partial charge in [0.1, 0.15) is 5.76 Å². The number of carbonyl (C=O) groups excluding carboxylic acids is 3. The quantitative estimate of drug-likeness (QED) is 0.578. The molecule has 1 aliphatic rings. The summed E-state index contributed by atoms with van der Waals surface area (Å²) in [6, 6.07) is 11.1. The molecule has 2 heterocycles. The highest BCUT2D eigenvalue weighted by Crippen LogP contribution is 2.22. The highest BCUT2D eigenvalue weighted by molar-refractivity contribution is 5.98. The lowest BCUT2D eigenvalue weighted by Gasteiger charge is -2.31. The maximum absolute atomic E-state index is 12.6. The SMILES string of the molecule is Cc1ccc(C(=O)C2CCN(C(=O)CCNC(=O)/C=C/c3ccco3)CC2)cc1. The minimum atomic E-state index is -0.267. The summed E-state index contributed by atoms with van der Waals surface area (Å²) in [4.78, 5) is 38.5. The van der Waals surface area contributed by atoms with E-state index < -0.39 is 0 Å². The van der Waals surface area contributed by atoms with Crippen molar-refractivity contribution in [3.8, 4) is 0 Å². The Morgan fingerprint density at radius 2 is 1.86 bits per heavy atom. The van der Waals surface area contributed by atoms with Gasteiger partial charge in [-0.15, -0.1) is 0 Å². The van der Waals surface area contributed by atoms with Gasteiger partial charge in [-0.1, -0.05) is 29.8 Å². The average molecular weight is 394 g/mol. The number of furan rings is 1. The van der Waals surface area contributed by atoms with Crippen LogP contribution in [0.1, 0.15) is 40.9 Å². The molecular formula is C23H26N2O4. The number of piperidine rings is 1. The molecule has 0 atom stereocenters. The first-order valence-corrected chi connectivity index (χ1v) is 9.91. The molecule has 29 heavy (non-hydrogen) atoms. The van der Waals surface area contributed by atoms with Crippen LogP contribution in [-0.2, 0) is 9.59 Å². The Hall–Kier alpha value is -3.15. The number of Topliss-reactive ketones (excluding diaryl/α,β-unsaturated/α-hetero) is 1. The third-order valence-corrected chi connectivity index (χ3v) is 5.13. The van der Waals surface area contributed by atoms with Crippen molar-refractivity contribution in [3.63, 3.8) is 0 Å². The van der Waals surface area contributed by atoms with Crippen LogP contribution in [0, 0.1) is 12.8 Å². The highest BCUT2D eigenvalue weighted by atomic mass is 16.3. The molecule has 1 N–H and O–H groups in total. The number of likely N-dealkylation sites (tertiary alicyclic amines) is 1. The molecule has 1 aromatic carbocycles. The lowest BCUT2D eigenvalue weighted by atomic mass is 9.88.